The van der Waals surface area contributed by atoms with Gasteiger partial charge >= 0.3 is 0 Å². The van der Waals surface area contributed by atoms with Gasteiger partial charge in [-0.3, -0.25) is 4.99 Å². The van der Waals surface area contributed by atoms with Gasteiger partial charge in [0.05, 0.1) is 0 Å². The molecule has 0 amide bonds. The third kappa shape index (κ3) is 6.89. The molecule has 0 aromatic carbocycles. The zero-order valence-electron chi connectivity index (χ0n) is 5.62. The maximum Gasteiger partial charge on any atom is 0.0263 e. The fraction of sp³-hybridized carbons (Fsp3) is 0.125. The van der Waals surface area contributed by atoms with Gasteiger partial charge in [-0.05, 0) is 13.0 Å². The van der Waals surface area contributed by atoms with E-state index in [2.05, 4.69) is 11.6 Å². The van der Waals surface area contributed by atoms with Crippen LogP contribution in [0.25, 0.3) is 0 Å². The second-order valence-corrected chi connectivity index (χ2v) is 1.37. The predicted molar refractivity (Wildman–Crippen MR) is 42.6 cm³/mol. The molecule has 0 atom stereocenters. The van der Waals surface area contributed by atoms with Gasteiger partial charge in [0.2, 0.25) is 0 Å². The van der Waals surface area contributed by atoms with Crippen molar-refractivity contribution in [2.24, 2.45) is 4.99 Å². The molecule has 9 heavy (non-hydrogen) atoms. The van der Waals surface area contributed by atoms with Crippen molar-refractivity contribution < 1.29 is 0 Å². The number of nitrogens with zero attached hydrogens (tertiary/aromatic N) is 1. The van der Waals surface area contributed by atoms with Crippen LogP contribution >= 0.6 is 0 Å². The van der Waals surface area contributed by atoms with E-state index in [0.29, 0.717) is 0 Å². The lowest BCUT2D eigenvalue weighted by Gasteiger charge is -1.70. The molecule has 0 N–H and O–H groups in total. The molecule has 0 saturated heterocycles. The van der Waals surface area contributed by atoms with E-state index in [1.54, 1.807) is 18.5 Å². The van der Waals surface area contributed by atoms with Crippen molar-refractivity contribution in [2.75, 3.05) is 0 Å². The normalized spacial score (nSPS) is 12.1. The van der Waals surface area contributed by atoms with Crippen LogP contribution in [-0.4, -0.2) is 6.21 Å². The van der Waals surface area contributed by atoms with Gasteiger partial charge in [0.1, 0.15) is 0 Å². The van der Waals surface area contributed by atoms with E-state index in [-0.39, 0.29) is 0 Å². The summed E-state index contributed by atoms with van der Waals surface area (Å²) >= 11 is 0. The van der Waals surface area contributed by atoms with Crippen molar-refractivity contribution in [1.82, 2.24) is 0 Å². The Morgan fingerprint density at radius 3 is 2.56 bits per heavy atom. The van der Waals surface area contributed by atoms with E-state index >= 15 is 0 Å². The molecule has 0 spiro atoms. The minimum absolute atomic E-state index is 1.72. The summed E-state index contributed by atoms with van der Waals surface area (Å²) in [7, 11) is 0. The third-order valence-electron chi connectivity index (χ3n) is 0.680. The predicted octanol–water partition coefficient (Wildman–Crippen LogP) is 2.33. The van der Waals surface area contributed by atoms with E-state index < -0.39 is 0 Å². The SMILES string of the molecule is C=C/C=C\C=C/N=CC. The number of aliphatic imine (C=N–C) groups is 1. The van der Waals surface area contributed by atoms with Crippen LogP contribution in [-0.2, 0) is 0 Å². The molecule has 0 bridgehead atoms. The van der Waals surface area contributed by atoms with Crippen LogP contribution < -0.4 is 0 Å². The van der Waals surface area contributed by atoms with Crippen molar-refractivity contribution in [3.05, 3.63) is 37.1 Å². The second kappa shape index (κ2) is 6.89. The molecule has 0 aliphatic carbocycles. The van der Waals surface area contributed by atoms with Gasteiger partial charge in [-0.25, -0.2) is 0 Å². The Balaban J connectivity index is 3.46. The molecule has 0 saturated carbocycles. The Morgan fingerprint density at radius 2 is 2.00 bits per heavy atom. The highest BCUT2D eigenvalue weighted by Gasteiger charge is 1.57. The van der Waals surface area contributed by atoms with E-state index in [4.69, 9.17) is 0 Å². The Kier molecular flexibility index (Phi) is 6.04. The molecular weight excluding hydrogens is 110 g/mol. The summed E-state index contributed by atoms with van der Waals surface area (Å²) in [4.78, 5) is 3.85. The van der Waals surface area contributed by atoms with Crippen LogP contribution in [0.1, 0.15) is 6.92 Å². The first kappa shape index (κ1) is 7.89. The number of allylic oxidation sites excluding steroid dienone is 4. The lowest BCUT2D eigenvalue weighted by atomic mass is 10.5. The first-order chi connectivity index (χ1) is 4.41. The molecule has 0 fully saturated rings. The smallest absolute Gasteiger partial charge is 0.0263 e. The Hall–Kier alpha value is -1.11. The summed E-state index contributed by atoms with van der Waals surface area (Å²) in [5.74, 6) is 0. The molecule has 0 unspecified atom stereocenters. The van der Waals surface area contributed by atoms with Crippen LogP contribution in [0.5, 0.6) is 0 Å². The lowest BCUT2D eigenvalue weighted by Crippen LogP contribution is -1.52. The van der Waals surface area contributed by atoms with Gasteiger partial charge < -0.3 is 0 Å². The zero-order valence-corrected chi connectivity index (χ0v) is 5.62. The Labute approximate surface area is 56.1 Å². The Morgan fingerprint density at radius 1 is 1.22 bits per heavy atom. The highest BCUT2D eigenvalue weighted by molar-refractivity contribution is 5.54. The average molecular weight is 121 g/mol. The van der Waals surface area contributed by atoms with Crippen molar-refractivity contribution >= 4 is 6.21 Å². The van der Waals surface area contributed by atoms with Gasteiger partial charge in [0, 0.05) is 12.4 Å². The van der Waals surface area contributed by atoms with Crippen molar-refractivity contribution in [1.29, 1.82) is 0 Å². The summed E-state index contributed by atoms with van der Waals surface area (Å²) in [5.41, 5.74) is 0. The first-order valence-corrected chi connectivity index (χ1v) is 2.84. The topological polar surface area (TPSA) is 12.4 Å². The zero-order chi connectivity index (χ0) is 6.95. The largest absolute Gasteiger partial charge is 0.269 e. The van der Waals surface area contributed by atoms with Gasteiger partial charge in [-0.15, -0.1) is 0 Å². The molecule has 1 nitrogen and oxygen atoms in total. The molecule has 0 heterocycles. The van der Waals surface area contributed by atoms with Crippen LogP contribution in [0.4, 0.5) is 0 Å². The lowest BCUT2D eigenvalue weighted by molar-refractivity contribution is 1.57. The van der Waals surface area contributed by atoms with Crippen molar-refractivity contribution in [2.45, 2.75) is 6.92 Å². The van der Waals surface area contributed by atoms with E-state index in [9.17, 15) is 0 Å². The fourth-order valence-electron chi connectivity index (χ4n) is 0.328. The molecule has 0 aliphatic rings. The maximum atomic E-state index is 3.85. The van der Waals surface area contributed by atoms with Gasteiger partial charge in [0.25, 0.3) is 0 Å². The maximum absolute atomic E-state index is 3.85. The van der Waals surface area contributed by atoms with Crippen molar-refractivity contribution in [3.8, 4) is 0 Å². The van der Waals surface area contributed by atoms with E-state index in [0.717, 1.165) is 0 Å². The van der Waals surface area contributed by atoms with Gasteiger partial charge in [-0.2, -0.15) is 0 Å². The molecule has 0 radical (unpaired) electrons. The molecule has 0 aromatic rings. The molecule has 0 aliphatic heterocycles. The minimum Gasteiger partial charge on any atom is -0.269 e. The highest BCUT2D eigenvalue weighted by atomic mass is 14.6. The first-order valence-electron chi connectivity index (χ1n) is 2.84. The molecular formula is C8H11N. The quantitative estimate of drug-likeness (QED) is 0.401. The number of hydrogen-bond donors (Lipinski definition) is 0. The second-order valence-electron chi connectivity index (χ2n) is 1.37. The summed E-state index contributed by atoms with van der Waals surface area (Å²) in [6, 6.07) is 0. The molecule has 0 aromatic heterocycles. The van der Waals surface area contributed by atoms with E-state index in [1.807, 2.05) is 25.2 Å². The van der Waals surface area contributed by atoms with Crippen molar-refractivity contribution in [3.63, 3.8) is 0 Å². The van der Waals surface area contributed by atoms with E-state index in [1.165, 1.54) is 0 Å². The summed E-state index contributed by atoms with van der Waals surface area (Å²) < 4.78 is 0. The standard InChI is InChI=1S/C8H11N/c1-3-5-6-7-8-9-4-2/h3-8H,1H2,2H3/b6-5-,8-7-,9-4?. The fourth-order valence-corrected chi connectivity index (χ4v) is 0.328. The summed E-state index contributed by atoms with van der Waals surface area (Å²) in [6.07, 6.45) is 10.8. The minimum atomic E-state index is 1.72. The number of hydrogen-bond acceptors (Lipinski definition) is 1. The monoisotopic (exact) mass is 121 g/mol. The molecule has 1 heteroatoms. The van der Waals surface area contributed by atoms with Crippen LogP contribution in [0.3, 0.4) is 0 Å². The van der Waals surface area contributed by atoms with Crippen LogP contribution in [0, 0.1) is 0 Å². The summed E-state index contributed by atoms with van der Waals surface area (Å²) in [5, 5.41) is 0. The Bertz CT molecular complexity index is 141. The average Bonchev–Trinajstić information content (AvgIpc) is 1.89. The van der Waals surface area contributed by atoms with Crippen LogP contribution in [0.15, 0.2) is 42.1 Å². The molecule has 48 valence electrons. The summed E-state index contributed by atoms with van der Waals surface area (Å²) in [6.45, 7) is 5.40. The van der Waals surface area contributed by atoms with Gasteiger partial charge in [-0.1, -0.05) is 24.8 Å². The van der Waals surface area contributed by atoms with Crippen LogP contribution in [0.2, 0.25) is 0 Å². The third-order valence-corrected chi connectivity index (χ3v) is 0.680. The van der Waals surface area contributed by atoms with Gasteiger partial charge in [0.15, 0.2) is 0 Å². The highest BCUT2D eigenvalue weighted by Crippen LogP contribution is 1.77. The number of rotatable bonds is 3. The molecule has 0 rings (SSSR count).